The zero-order valence-corrected chi connectivity index (χ0v) is 10.2. The third-order valence-electron chi connectivity index (χ3n) is 4.49. The number of aliphatic hydroxyl groups is 1. The lowest BCUT2D eigenvalue weighted by Crippen LogP contribution is -2.23. The van der Waals surface area contributed by atoms with Gasteiger partial charge in [-0.3, -0.25) is 4.79 Å². The average molecular weight is 238 g/mol. The normalized spacial score (nSPS) is 35.8. The molecule has 0 heterocycles. The van der Waals surface area contributed by atoms with Crippen molar-refractivity contribution >= 4 is 5.97 Å². The van der Waals surface area contributed by atoms with Crippen LogP contribution in [0, 0.1) is 23.7 Å². The summed E-state index contributed by atoms with van der Waals surface area (Å²) in [6, 6.07) is 0. The van der Waals surface area contributed by atoms with E-state index in [2.05, 4.69) is 12.2 Å². The van der Waals surface area contributed by atoms with E-state index >= 15 is 0 Å². The summed E-state index contributed by atoms with van der Waals surface area (Å²) in [5, 5.41) is 18.0. The fourth-order valence-electron chi connectivity index (χ4n) is 3.65. The fraction of sp³-hybridized carbons (Fsp3) is 0.786. The number of hydrogen-bond donors (Lipinski definition) is 2. The maximum atomic E-state index is 10.4. The van der Waals surface area contributed by atoms with Crippen molar-refractivity contribution in [1.29, 1.82) is 0 Å². The molecule has 2 fully saturated rings. The molecule has 4 atom stereocenters. The number of aliphatic hydroxyl groups excluding tert-OH is 1. The summed E-state index contributed by atoms with van der Waals surface area (Å²) < 4.78 is 0. The molecule has 2 saturated carbocycles. The maximum Gasteiger partial charge on any atom is 0.303 e. The number of aliphatic carboxylic acids is 1. The number of unbranched alkanes of at least 4 members (excludes halogenated alkanes) is 1. The predicted molar refractivity (Wildman–Crippen MR) is 65.5 cm³/mol. The van der Waals surface area contributed by atoms with Crippen LogP contribution in [0.2, 0.25) is 0 Å². The number of fused-ring (bicyclic) bond motifs is 2. The molecule has 2 N–H and O–H groups in total. The second-order valence-corrected chi connectivity index (χ2v) is 5.47. The van der Waals surface area contributed by atoms with Crippen LogP contribution < -0.4 is 0 Å². The molecule has 0 spiro atoms. The molecular weight excluding hydrogens is 216 g/mol. The minimum absolute atomic E-state index is 0.254. The van der Waals surface area contributed by atoms with Crippen LogP contribution in [-0.2, 0) is 4.79 Å². The lowest BCUT2D eigenvalue weighted by Gasteiger charge is -2.27. The summed E-state index contributed by atoms with van der Waals surface area (Å²) >= 11 is 0. The highest BCUT2D eigenvalue weighted by Gasteiger charge is 2.45. The van der Waals surface area contributed by atoms with Gasteiger partial charge in [0.25, 0.3) is 0 Å². The Morgan fingerprint density at radius 1 is 1.29 bits per heavy atom. The highest BCUT2D eigenvalue weighted by atomic mass is 16.4. The minimum atomic E-state index is -0.716. The third-order valence-corrected chi connectivity index (χ3v) is 4.49. The van der Waals surface area contributed by atoms with Gasteiger partial charge in [-0.15, -0.1) is 0 Å². The van der Waals surface area contributed by atoms with Gasteiger partial charge in [0.05, 0.1) is 0 Å². The summed E-state index contributed by atoms with van der Waals surface area (Å²) in [7, 11) is 0. The molecule has 4 unspecified atom stereocenters. The van der Waals surface area contributed by atoms with Crippen molar-refractivity contribution in [3.05, 3.63) is 12.2 Å². The first kappa shape index (κ1) is 12.6. The first-order valence-electron chi connectivity index (χ1n) is 6.71. The van der Waals surface area contributed by atoms with Gasteiger partial charge in [-0.25, -0.2) is 0 Å². The molecule has 0 aromatic carbocycles. The Morgan fingerprint density at radius 2 is 2.06 bits per heavy atom. The van der Waals surface area contributed by atoms with E-state index in [-0.39, 0.29) is 6.42 Å². The molecule has 0 amide bonds. The molecule has 3 nitrogen and oxygen atoms in total. The largest absolute Gasteiger partial charge is 0.481 e. The molecule has 0 saturated heterocycles. The van der Waals surface area contributed by atoms with Crippen LogP contribution in [-0.4, -0.2) is 22.8 Å². The molecule has 0 aromatic heterocycles. The molecule has 96 valence electrons. The highest BCUT2D eigenvalue weighted by Crippen LogP contribution is 2.52. The summed E-state index contributed by atoms with van der Waals surface area (Å²) in [6.07, 6.45) is 10.1. The van der Waals surface area contributed by atoms with E-state index in [4.69, 9.17) is 5.11 Å². The Hall–Kier alpha value is -0.830. The van der Waals surface area contributed by atoms with Crippen molar-refractivity contribution in [2.24, 2.45) is 23.7 Å². The topological polar surface area (TPSA) is 57.5 Å². The van der Waals surface area contributed by atoms with Gasteiger partial charge >= 0.3 is 5.97 Å². The molecule has 2 bridgehead atoms. The third kappa shape index (κ3) is 2.89. The van der Waals surface area contributed by atoms with Gasteiger partial charge < -0.3 is 10.2 Å². The van der Waals surface area contributed by atoms with E-state index in [9.17, 15) is 9.90 Å². The monoisotopic (exact) mass is 238 g/mol. The standard InChI is InChI=1S/C14H22O3/c15-9-13-11-7-6-10(8-11)12(13)4-2-1-3-5-14(16)17/h2,4,10-13,15H,1,3,5-9H2,(H,16,17). The van der Waals surface area contributed by atoms with Crippen molar-refractivity contribution in [1.82, 2.24) is 0 Å². The first-order chi connectivity index (χ1) is 8.22. The minimum Gasteiger partial charge on any atom is -0.481 e. The van der Waals surface area contributed by atoms with Gasteiger partial charge in [-0.05, 0) is 55.8 Å². The summed E-state index contributed by atoms with van der Waals surface area (Å²) in [6.45, 7) is 0.311. The van der Waals surface area contributed by atoms with E-state index in [1.54, 1.807) is 0 Å². The van der Waals surface area contributed by atoms with E-state index in [1.807, 2.05) is 0 Å². The van der Waals surface area contributed by atoms with Gasteiger partial charge in [0.1, 0.15) is 0 Å². The number of allylic oxidation sites excluding steroid dienone is 2. The molecule has 2 rings (SSSR count). The van der Waals surface area contributed by atoms with E-state index in [0.717, 1.165) is 24.7 Å². The van der Waals surface area contributed by atoms with E-state index < -0.39 is 5.97 Å². The first-order valence-corrected chi connectivity index (χ1v) is 6.71. The summed E-state index contributed by atoms with van der Waals surface area (Å²) in [5.41, 5.74) is 0. The Bertz CT molecular complexity index is 298. The molecule has 2 aliphatic carbocycles. The smallest absolute Gasteiger partial charge is 0.303 e. The van der Waals surface area contributed by atoms with Crippen LogP contribution in [0.3, 0.4) is 0 Å². The van der Waals surface area contributed by atoms with Crippen LogP contribution in [0.15, 0.2) is 12.2 Å². The average Bonchev–Trinajstić information content (AvgIpc) is 2.88. The van der Waals surface area contributed by atoms with E-state index in [0.29, 0.717) is 18.4 Å². The van der Waals surface area contributed by atoms with Crippen molar-refractivity contribution in [2.75, 3.05) is 6.61 Å². The van der Waals surface area contributed by atoms with E-state index in [1.165, 1.54) is 19.3 Å². The Balaban J connectivity index is 1.78. The summed E-state index contributed by atoms with van der Waals surface area (Å²) in [4.78, 5) is 10.4. The molecule has 0 radical (unpaired) electrons. The zero-order valence-electron chi connectivity index (χ0n) is 10.2. The predicted octanol–water partition coefficient (Wildman–Crippen LogP) is 2.45. The van der Waals surface area contributed by atoms with Crippen molar-refractivity contribution in [2.45, 2.75) is 38.5 Å². The number of rotatable bonds is 6. The molecule has 2 aliphatic rings. The summed E-state index contributed by atoms with van der Waals surface area (Å²) in [5.74, 6) is 1.80. The quantitative estimate of drug-likeness (QED) is 0.552. The van der Waals surface area contributed by atoms with Gasteiger partial charge in [0, 0.05) is 13.0 Å². The van der Waals surface area contributed by atoms with Gasteiger partial charge in [-0.2, -0.15) is 0 Å². The Morgan fingerprint density at radius 3 is 2.76 bits per heavy atom. The van der Waals surface area contributed by atoms with Crippen molar-refractivity contribution in [3.63, 3.8) is 0 Å². The van der Waals surface area contributed by atoms with Crippen LogP contribution in [0.5, 0.6) is 0 Å². The van der Waals surface area contributed by atoms with Crippen LogP contribution in [0.25, 0.3) is 0 Å². The SMILES string of the molecule is O=C(O)CCCC=CC1C2CCC(C2)C1CO. The van der Waals surface area contributed by atoms with Crippen molar-refractivity contribution in [3.8, 4) is 0 Å². The maximum absolute atomic E-state index is 10.4. The zero-order chi connectivity index (χ0) is 12.3. The Kier molecular flexibility index (Phi) is 4.21. The van der Waals surface area contributed by atoms with Gasteiger partial charge in [-0.1, -0.05) is 12.2 Å². The number of carboxylic acids is 1. The fourth-order valence-corrected chi connectivity index (χ4v) is 3.65. The molecule has 17 heavy (non-hydrogen) atoms. The lowest BCUT2D eigenvalue weighted by atomic mass is 9.79. The molecular formula is C14H22O3. The van der Waals surface area contributed by atoms with Gasteiger partial charge in [0.2, 0.25) is 0 Å². The number of hydrogen-bond acceptors (Lipinski definition) is 2. The molecule has 0 aliphatic heterocycles. The second kappa shape index (κ2) is 5.67. The molecule has 0 aromatic rings. The lowest BCUT2D eigenvalue weighted by molar-refractivity contribution is -0.137. The van der Waals surface area contributed by atoms with Crippen LogP contribution in [0.4, 0.5) is 0 Å². The number of carbonyl (C=O) groups is 1. The Labute approximate surface area is 103 Å². The van der Waals surface area contributed by atoms with Gasteiger partial charge in [0.15, 0.2) is 0 Å². The number of carboxylic acid groups (broad SMARTS) is 1. The van der Waals surface area contributed by atoms with Crippen LogP contribution >= 0.6 is 0 Å². The highest BCUT2D eigenvalue weighted by molar-refractivity contribution is 5.66. The van der Waals surface area contributed by atoms with Crippen molar-refractivity contribution < 1.29 is 15.0 Å². The molecule has 3 heteroatoms. The van der Waals surface area contributed by atoms with Crippen LogP contribution in [0.1, 0.15) is 38.5 Å². The second-order valence-electron chi connectivity index (χ2n) is 5.47.